The van der Waals surface area contributed by atoms with Crippen LogP contribution in [-0.4, -0.2) is 10.9 Å². The fraction of sp³-hybridized carbons (Fsp3) is 0.111. The normalized spacial score (nSPS) is 10.5. The molecule has 1 heterocycles. The summed E-state index contributed by atoms with van der Waals surface area (Å²) in [6, 6.07) is 17.3. The molecule has 3 nitrogen and oxygen atoms in total. The van der Waals surface area contributed by atoms with Crippen LogP contribution < -0.4 is 5.32 Å². The van der Waals surface area contributed by atoms with E-state index in [1.807, 2.05) is 61.5 Å². The van der Waals surface area contributed by atoms with Gasteiger partial charge in [0.1, 0.15) is 9.88 Å². The molecule has 0 spiro atoms. The van der Waals surface area contributed by atoms with Crippen molar-refractivity contribution in [1.82, 2.24) is 10.3 Å². The number of rotatable bonds is 4. The Hall–Kier alpha value is -2.17. The molecule has 1 N–H and O–H groups in total. The van der Waals surface area contributed by atoms with Gasteiger partial charge in [0.05, 0.1) is 5.69 Å². The SMILES string of the molecule is Cc1nc(-c2cccc(Cl)c2)sc1C(=O)NCc1ccccc1. The molecule has 0 aliphatic carbocycles. The number of nitrogens with zero attached hydrogens (tertiary/aromatic N) is 1. The fourth-order valence-electron chi connectivity index (χ4n) is 2.21. The van der Waals surface area contributed by atoms with Gasteiger partial charge >= 0.3 is 0 Å². The van der Waals surface area contributed by atoms with Crippen molar-refractivity contribution >= 4 is 28.8 Å². The minimum atomic E-state index is -0.0999. The van der Waals surface area contributed by atoms with Crippen molar-refractivity contribution < 1.29 is 4.79 Å². The summed E-state index contributed by atoms with van der Waals surface area (Å²) >= 11 is 7.40. The summed E-state index contributed by atoms with van der Waals surface area (Å²) in [7, 11) is 0. The van der Waals surface area contributed by atoms with Gasteiger partial charge in [-0.2, -0.15) is 0 Å². The quantitative estimate of drug-likeness (QED) is 0.746. The van der Waals surface area contributed by atoms with Crippen LogP contribution in [0.15, 0.2) is 54.6 Å². The second-order valence-electron chi connectivity index (χ2n) is 5.11. The van der Waals surface area contributed by atoms with Gasteiger partial charge < -0.3 is 5.32 Å². The summed E-state index contributed by atoms with van der Waals surface area (Å²) in [4.78, 5) is 17.5. The average molecular weight is 343 g/mol. The summed E-state index contributed by atoms with van der Waals surface area (Å²) in [6.45, 7) is 2.35. The Bertz CT molecular complexity index is 830. The molecule has 0 saturated carbocycles. The zero-order valence-corrected chi connectivity index (χ0v) is 14.1. The molecule has 2 aromatic carbocycles. The lowest BCUT2D eigenvalue weighted by Gasteiger charge is -2.03. The first-order chi connectivity index (χ1) is 11.1. The van der Waals surface area contributed by atoms with E-state index in [-0.39, 0.29) is 5.91 Å². The van der Waals surface area contributed by atoms with Crippen LogP contribution in [-0.2, 0) is 6.54 Å². The lowest BCUT2D eigenvalue weighted by atomic mass is 10.2. The molecule has 23 heavy (non-hydrogen) atoms. The maximum absolute atomic E-state index is 12.4. The lowest BCUT2D eigenvalue weighted by Crippen LogP contribution is -2.22. The highest BCUT2D eigenvalue weighted by atomic mass is 35.5. The topological polar surface area (TPSA) is 42.0 Å². The monoisotopic (exact) mass is 342 g/mol. The summed E-state index contributed by atoms with van der Waals surface area (Å²) in [5, 5.41) is 4.40. The molecular formula is C18H15ClN2OS. The Balaban J connectivity index is 1.76. The highest BCUT2D eigenvalue weighted by Crippen LogP contribution is 2.29. The van der Waals surface area contributed by atoms with Crippen LogP contribution in [0.25, 0.3) is 10.6 Å². The van der Waals surface area contributed by atoms with E-state index in [0.717, 1.165) is 21.8 Å². The molecule has 0 unspecified atom stereocenters. The Morgan fingerprint density at radius 3 is 2.70 bits per heavy atom. The van der Waals surface area contributed by atoms with Crippen LogP contribution >= 0.6 is 22.9 Å². The van der Waals surface area contributed by atoms with Gasteiger partial charge in [0.25, 0.3) is 5.91 Å². The van der Waals surface area contributed by atoms with Crippen molar-refractivity contribution in [1.29, 1.82) is 0 Å². The number of thiazole rings is 1. The van der Waals surface area contributed by atoms with Crippen LogP contribution in [0.4, 0.5) is 0 Å². The van der Waals surface area contributed by atoms with Crippen molar-refractivity contribution in [3.05, 3.63) is 75.8 Å². The van der Waals surface area contributed by atoms with E-state index in [4.69, 9.17) is 11.6 Å². The molecule has 0 bridgehead atoms. The van der Waals surface area contributed by atoms with Crippen LogP contribution in [0.1, 0.15) is 20.9 Å². The molecular weight excluding hydrogens is 328 g/mol. The number of halogens is 1. The summed E-state index contributed by atoms with van der Waals surface area (Å²) < 4.78 is 0. The van der Waals surface area contributed by atoms with E-state index in [1.54, 1.807) is 0 Å². The molecule has 0 saturated heterocycles. The number of hydrogen-bond donors (Lipinski definition) is 1. The first-order valence-electron chi connectivity index (χ1n) is 7.19. The van der Waals surface area contributed by atoms with Gasteiger partial charge in [-0.05, 0) is 24.6 Å². The van der Waals surface area contributed by atoms with Gasteiger partial charge in [0.15, 0.2) is 0 Å². The smallest absolute Gasteiger partial charge is 0.263 e. The van der Waals surface area contributed by atoms with E-state index in [9.17, 15) is 4.79 Å². The molecule has 5 heteroatoms. The number of nitrogens with one attached hydrogen (secondary N) is 1. The fourth-order valence-corrected chi connectivity index (χ4v) is 3.38. The number of aromatic nitrogens is 1. The van der Waals surface area contributed by atoms with Gasteiger partial charge in [-0.25, -0.2) is 4.98 Å². The number of hydrogen-bond acceptors (Lipinski definition) is 3. The average Bonchev–Trinajstić information content (AvgIpc) is 2.96. The second-order valence-corrected chi connectivity index (χ2v) is 6.55. The van der Waals surface area contributed by atoms with Gasteiger partial charge in [-0.3, -0.25) is 4.79 Å². The zero-order valence-electron chi connectivity index (χ0n) is 12.5. The van der Waals surface area contributed by atoms with Crippen LogP contribution in [0.3, 0.4) is 0 Å². The zero-order chi connectivity index (χ0) is 16.2. The van der Waals surface area contributed by atoms with Crippen LogP contribution in [0.2, 0.25) is 5.02 Å². The van der Waals surface area contributed by atoms with E-state index >= 15 is 0 Å². The predicted molar refractivity (Wildman–Crippen MR) is 94.9 cm³/mol. The Morgan fingerprint density at radius 1 is 1.17 bits per heavy atom. The molecule has 3 aromatic rings. The van der Waals surface area contributed by atoms with Crippen molar-refractivity contribution in [2.75, 3.05) is 0 Å². The molecule has 0 fully saturated rings. The third kappa shape index (κ3) is 3.78. The van der Waals surface area contributed by atoms with Gasteiger partial charge in [-0.1, -0.05) is 54.1 Å². The number of carbonyl (C=O) groups excluding carboxylic acids is 1. The molecule has 0 atom stereocenters. The summed E-state index contributed by atoms with van der Waals surface area (Å²) in [5.41, 5.74) is 2.72. The number of amides is 1. The predicted octanol–water partition coefficient (Wildman–Crippen LogP) is 4.70. The molecule has 0 aliphatic rings. The van der Waals surface area contributed by atoms with E-state index < -0.39 is 0 Å². The highest BCUT2D eigenvalue weighted by molar-refractivity contribution is 7.17. The third-order valence-corrected chi connectivity index (χ3v) is 4.81. The first-order valence-corrected chi connectivity index (χ1v) is 8.38. The van der Waals surface area contributed by atoms with Crippen LogP contribution in [0.5, 0.6) is 0 Å². The molecule has 1 amide bonds. The highest BCUT2D eigenvalue weighted by Gasteiger charge is 2.16. The molecule has 0 radical (unpaired) electrons. The van der Waals surface area contributed by atoms with Gasteiger partial charge in [0.2, 0.25) is 0 Å². The molecule has 1 aromatic heterocycles. The Morgan fingerprint density at radius 2 is 1.96 bits per heavy atom. The van der Waals surface area contributed by atoms with Crippen molar-refractivity contribution in [3.63, 3.8) is 0 Å². The van der Waals surface area contributed by atoms with Gasteiger partial charge in [-0.15, -0.1) is 11.3 Å². The summed E-state index contributed by atoms with van der Waals surface area (Å²) in [6.07, 6.45) is 0. The second kappa shape index (κ2) is 6.94. The minimum Gasteiger partial charge on any atom is -0.347 e. The molecule has 3 rings (SSSR count). The number of carbonyl (C=O) groups is 1. The number of aryl methyl sites for hydroxylation is 1. The maximum atomic E-state index is 12.4. The van der Waals surface area contributed by atoms with E-state index in [0.29, 0.717) is 16.4 Å². The lowest BCUT2D eigenvalue weighted by molar-refractivity contribution is 0.0954. The van der Waals surface area contributed by atoms with E-state index in [1.165, 1.54) is 11.3 Å². The Kier molecular flexibility index (Phi) is 4.74. The maximum Gasteiger partial charge on any atom is 0.263 e. The standard InChI is InChI=1S/C18H15ClN2OS/c1-12-16(17(22)20-11-13-6-3-2-4-7-13)23-18(21-12)14-8-5-9-15(19)10-14/h2-10H,11H2,1H3,(H,20,22). The van der Waals surface area contributed by atoms with Crippen molar-refractivity contribution in [3.8, 4) is 10.6 Å². The van der Waals surface area contributed by atoms with Crippen molar-refractivity contribution in [2.24, 2.45) is 0 Å². The summed E-state index contributed by atoms with van der Waals surface area (Å²) in [5.74, 6) is -0.0999. The minimum absolute atomic E-state index is 0.0999. The largest absolute Gasteiger partial charge is 0.347 e. The van der Waals surface area contributed by atoms with Gasteiger partial charge in [0, 0.05) is 17.1 Å². The van der Waals surface area contributed by atoms with Crippen LogP contribution in [0, 0.1) is 6.92 Å². The molecule has 116 valence electrons. The first kappa shape index (κ1) is 15.7. The Labute approximate surface area is 144 Å². The third-order valence-electron chi connectivity index (χ3n) is 3.37. The molecule has 0 aliphatic heterocycles. The van der Waals surface area contributed by atoms with Crippen molar-refractivity contribution in [2.45, 2.75) is 13.5 Å². The number of benzene rings is 2. The van der Waals surface area contributed by atoms with E-state index in [2.05, 4.69) is 10.3 Å².